The first-order chi connectivity index (χ1) is 8.88. The van der Waals surface area contributed by atoms with Gasteiger partial charge < -0.3 is 15.5 Å². The summed E-state index contributed by atoms with van der Waals surface area (Å²) >= 11 is 0. The molecule has 0 fully saturated rings. The SMILES string of the molecule is CC(C)CC(CNCc1cc(O)cc(F)c1)C(=O)O. The molecular formula is C14H20FNO3. The zero-order chi connectivity index (χ0) is 14.4. The molecule has 0 aliphatic carbocycles. The van der Waals surface area contributed by atoms with Crippen LogP contribution in [0.4, 0.5) is 4.39 Å². The molecule has 1 unspecified atom stereocenters. The number of hydrogen-bond acceptors (Lipinski definition) is 3. The molecule has 0 aliphatic heterocycles. The fourth-order valence-corrected chi connectivity index (χ4v) is 1.97. The van der Waals surface area contributed by atoms with E-state index in [1.807, 2.05) is 13.8 Å². The van der Waals surface area contributed by atoms with Crippen molar-refractivity contribution in [3.8, 4) is 5.75 Å². The summed E-state index contributed by atoms with van der Waals surface area (Å²) in [5.74, 6) is -1.62. The van der Waals surface area contributed by atoms with Gasteiger partial charge in [0, 0.05) is 19.2 Å². The van der Waals surface area contributed by atoms with E-state index in [-0.39, 0.29) is 5.75 Å². The van der Waals surface area contributed by atoms with E-state index in [1.165, 1.54) is 12.1 Å². The van der Waals surface area contributed by atoms with Crippen molar-refractivity contribution in [1.82, 2.24) is 5.32 Å². The fraction of sp³-hybridized carbons (Fsp3) is 0.500. The fourth-order valence-electron chi connectivity index (χ4n) is 1.97. The van der Waals surface area contributed by atoms with Crippen molar-refractivity contribution in [1.29, 1.82) is 0 Å². The second-order valence-corrected chi connectivity index (χ2v) is 5.11. The number of rotatable bonds is 7. The summed E-state index contributed by atoms with van der Waals surface area (Å²) in [6.07, 6.45) is 0.594. The van der Waals surface area contributed by atoms with Crippen molar-refractivity contribution in [3.63, 3.8) is 0 Å². The molecule has 19 heavy (non-hydrogen) atoms. The predicted molar refractivity (Wildman–Crippen MR) is 70.4 cm³/mol. The van der Waals surface area contributed by atoms with Crippen LogP contribution in [0.5, 0.6) is 5.75 Å². The Balaban J connectivity index is 2.49. The molecule has 0 bridgehead atoms. The number of aromatic hydroxyl groups is 1. The second kappa shape index (κ2) is 7.09. The third kappa shape index (κ3) is 5.70. The van der Waals surface area contributed by atoms with Crippen molar-refractivity contribution < 1.29 is 19.4 Å². The number of hydrogen-bond donors (Lipinski definition) is 3. The molecule has 1 aromatic rings. The van der Waals surface area contributed by atoms with Crippen molar-refractivity contribution in [3.05, 3.63) is 29.6 Å². The maximum atomic E-state index is 13.0. The number of benzene rings is 1. The van der Waals surface area contributed by atoms with Crippen LogP contribution in [0, 0.1) is 17.7 Å². The normalized spacial score (nSPS) is 12.6. The summed E-state index contributed by atoms with van der Waals surface area (Å²) in [5.41, 5.74) is 0.589. The number of phenols is 1. The Morgan fingerprint density at radius 2 is 2.05 bits per heavy atom. The van der Waals surface area contributed by atoms with E-state index in [2.05, 4.69) is 5.32 Å². The molecule has 5 heteroatoms. The maximum absolute atomic E-state index is 13.0. The summed E-state index contributed by atoms with van der Waals surface area (Å²) in [6.45, 7) is 4.60. The first-order valence-corrected chi connectivity index (χ1v) is 6.30. The third-order valence-corrected chi connectivity index (χ3v) is 2.77. The highest BCUT2D eigenvalue weighted by Gasteiger charge is 2.18. The molecule has 0 heterocycles. The Labute approximate surface area is 112 Å². The zero-order valence-electron chi connectivity index (χ0n) is 11.2. The standard InChI is InChI=1S/C14H20FNO3/c1-9(2)3-11(14(18)19)8-16-7-10-4-12(15)6-13(17)5-10/h4-6,9,11,16-17H,3,7-8H2,1-2H3,(H,18,19). The molecule has 0 radical (unpaired) electrons. The van der Waals surface area contributed by atoms with E-state index >= 15 is 0 Å². The number of phenolic OH excluding ortho intramolecular Hbond substituents is 1. The van der Waals surface area contributed by atoms with Gasteiger partial charge in [-0.1, -0.05) is 13.8 Å². The van der Waals surface area contributed by atoms with Gasteiger partial charge in [0.15, 0.2) is 0 Å². The first-order valence-electron chi connectivity index (χ1n) is 6.30. The Bertz CT molecular complexity index is 414. The molecule has 106 valence electrons. The Hall–Kier alpha value is -1.62. The summed E-state index contributed by atoms with van der Waals surface area (Å²) in [5, 5.41) is 21.3. The van der Waals surface area contributed by atoms with E-state index in [4.69, 9.17) is 5.11 Å². The van der Waals surface area contributed by atoms with Gasteiger partial charge in [-0.3, -0.25) is 4.79 Å². The summed E-state index contributed by atoms with van der Waals surface area (Å²) in [7, 11) is 0. The minimum atomic E-state index is -0.830. The van der Waals surface area contributed by atoms with Gasteiger partial charge in [-0.05, 0) is 30.0 Å². The number of carboxylic acid groups (broad SMARTS) is 1. The molecule has 3 N–H and O–H groups in total. The van der Waals surface area contributed by atoms with Gasteiger partial charge >= 0.3 is 5.97 Å². The summed E-state index contributed by atoms with van der Waals surface area (Å²) < 4.78 is 13.0. The zero-order valence-corrected chi connectivity index (χ0v) is 11.2. The van der Waals surface area contributed by atoms with E-state index in [0.29, 0.717) is 31.0 Å². The Morgan fingerprint density at radius 3 is 2.58 bits per heavy atom. The van der Waals surface area contributed by atoms with Gasteiger partial charge in [0.2, 0.25) is 0 Å². The van der Waals surface area contributed by atoms with Crippen molar-refractivity contribution in [2.75, 3.05) is 6.54 Å². The highest BCUT2D eigenvalue weighted by molar-refractivity contribution is 5.70. The van der Waals surface area contributed by atoms with E-state index in [1.54, 1.807) is 0 Å². The Morgan fingerprint density at radius 1 is 1.37 bits per heavy atom. The molecule has 0 amide bonds. The smallest absolute Gasteiger partial charge is 0.307 e. The quantitative estimate of drug-likeness (QED) is 0.710. The van der Waals surface area contributed by atoms with Crippen LogP contribution in [-0.4, -0.2) is 22.7 Å². The summed E-state index contributed by atoms with van der Waals surface area (Å²) in [4.78, 5) is 11.0. The minimum Gasteiger partial charge on any atom is -0.508 e. The van der Waals surface area contributed by atoms with Gasteiger partial charge in [0.05, 0.1) is 5.92 Å². The van der Waals surface area contributed by atoms with Crippen LogP contribution in [0.3, 0.4) is 0 Å². The van der Waals surface area contributed by atoms with Crippen LogP contribution >= 0.6 is 0 Å². The molecule has 1 aromatic carbocycles. The van der Waals surface area contributed by atoms with Crippen LogP contribution in [0.15, 0.2) is 18.2 Å². The highest BCUT2D eigenvalue weighted by Crippen LogP contribution is 2.15. The molecule has 0 aromatic heterocycles. The maximum Gasteiger partial charge on any atom is 0.307 e. The van der Waals surface area contributed by atoms with Gasteiger partial charge in [-0.25, -0.2) is 4.39 Å². The van der Waals surface area contributed by atoms with E-state index < -0.39 is 17.7 Å². The predicted octanol–water partition coefficient (Wildman–Crippen LogP) is 2.37. The van der Waals surface area contributed by atoms with Crippen molar-refractivity contribution >= 4 is 5.97 Å². The number of nitrogens with one attached hydrogen (secondary N) is 1. The van der Waals surface area contributed by atoms with E-state index in [9.17, 15) is 14.3 Å². The summed E-state index contributed by atoms with van der Waals surface area (Å²) in [6, 6.07) is 3.79. The lowest BCUT2D eigenvalue weighted by Gasteiger charge is -2.15. The molecule has 1 atom stereocenters. The molecule has 0 saturated carbocycles. The molecule has 4 nitrogen and oxygen atoms in total. The molecule has 0 spiro atoms. The number of aliphatic carboxylic acids is 1. The van der Waals surface area contributed by atoms with Crippen LogP contribution in [0.1, 0.15) is 25.8 Å². The molecule has 0 aliphatic rings. The van der Waals surface area contributed by atoms with E-state index in [0.717, 1.165) is 6.07 Å². The topological polar surface area (TPSA) is 69.6 Å². The molecular weight excluding hydrogens is 249 g/mol. The van der Waals surface area contributed by atoms with Gasteiger partial charge in [0.25, 0.3) is 0 Å². The van der Waals surface area contributed by atoms with Gasteiger partial charge in [-0.2, -0.15) is 0 Å². The average Bonchev–Trinajstić information content (AvgIpc) is 2.25. The van der Waals surface area contributed by atoms with Gasteiger partial charge in [0.1, 0.15) is 11.6 Å². The number of carboxylic acids is 1. The lowest BCUT2D eigenvalue weighted by Crippen LogP contribution is -2.29. The van der Waals surface area contributed by atoms with Crippen molar-refractivity contribution in [2.45, 2.75) is 26.8 Å². The first kappa shape index (κ1) is 15.4. The van der Waals surface area contributed by atoms with Gasteiger partial charge in [-0.15, -0.1) is 0 Å². The Kier molecular flexibility index (Phi) is 5.76. The lowest BCUT2D eigenvalue weighted by atomic mass is 9.97. The lowest BCUT2D eigenvalue weighted by molar-refractivity contribution is -0.142. The average molecular weight is 269 g/mol. The van der Waals surface area contributed by atoms with Crippen LogP contribution < -0.4 is 5.32 Å². The molecule has 1 rings (SSSR count). The second-order valence-electron chi connectivity index (χ2n) is 5.11. The monoisotopic (exact) mass is 269 g/mol. The number of halogens is 1. The largest absolute Gasteiger partial charge is 0.508 e. The third-order valence-electron chi connectivity index (χ3n) is 2.77. The minimum absolute atomic E-state index is 0.131. The highest BCUT2D eigenvalue weighted by atomic mass is 19.1. The van der Waals surface area contributed by atoms with Crippen molar-refractivity contribution in [2.24, 2.45) is 11.8 Å². The number of carbonyl (C=O) groups is 1. The van der Waals surface area contributed by atoms with Crippen LogP contribution in [-0.2, 0) is 11.3 Å². The van der Waals surface area contributed by atoms with Crippen LogP contribution in [0.25, 0.3) is 0 Å². The van der Waals surface area contributed by atoms with Crippen LogP contribution in [0.2, 0.25) is 0 Å². The molecule has 0 saturated heterocycles.